The van der Waals surface area contributed by atoms with Crippen molar-refractivity contribution in [3.05, 3.63) is 16.0 Å². The number of aryl methyl sites for hydroxylation is 1. The predicted octanol–water partition coefficient (Wildman–Crippen LogP) is 3.41. The van der Waals surface area contributed by atoms with E-state index in [1.165, 1.54) is 0 Å². The summed E-state index contributed by atoms with van der Waals surface area (Å²) in [5.74, 6) is 0. The first kappa shape index (κ1) is 15.4. The number of sulfonamides is 1. The Kier molecular flexibility index (Phi) is 5.06. The maximum Gasteiger partial charge on any atom is 0.250 e. The molecule has 0 aromatic carbocycles. The predicted molar refractivity (Wildman–Crippen MR) is 76.8 cm³/mol. The lowest BCUT2D eigenvalue weighted by Gasteiger charge is -2.21. The molecule has 0 radical (unpaired) electrons. The first-order valence-electron chi connectivity index (χ1n) is 4.99. The van der Waals surface area contributed by atoms with Crippen LogP contribution >= 0.6 is 38.9 Å². The largest absolute Gasteiger partial charge is 0.250 e. The summed E-state index contributed by atoms with van der Waals surface area (Å²) < 4.78 is 27.4. The average molecular weight is 361 g/mol. The second kappa shape index (κ2) is 5.57. The third-order valence-electron chi connectivity index (χ3n) is 2.20. The molecule has 1 aromatic heterocycles. The highest BCUT2D eigenvalue weighted by Gasteiger charge is 2.23. The average Bonchev–Trinajstić information content (AvgIpc) is 2.58. The number of hydrogen-bond acceptors (Lipinski definition) is 3. The van der Waals surface area contributed by atoms with E-state index >= 15 is 0 Å². The van der Waals surface area contributed by atoms with E-state index in [0.29, 0.717) is 10.9 Å². The van der Waals surface area contributed by atoms with Crippen molar-refractivity contribution in [3.63, 3.8) is 0 Å². The van der Waals surface area contributed by atoms with Crippen molar-refractivity contribution in [2.75, 3.05) is 11.9 Å². The monoisotopic (exact) mass is 359 g/mol. The fraction of sp³-hybridized carbons (Fsp3) is 0.600. The van der Waals surface area contributed by atoms with Crippen LogP contribution in [0.4, 0.5) is 0 Å². The lowest BCUT2D eigenvalue weighted by Crippen LogP contribution is -2.34. The summed E-state index contributed by atoms with van der Waals surface area (Å²) in [4.78, 5) is 0. The zero-order valence-corrected chi connectivity index (χ0v) is 13.9. The molecule has 1 rings (SSSR count). The Balaban J connectivity index is 2.83. The van der Waals surface area contributed by atoms with Crippen molar-refractivity contribution in [3.8, 4) is 0 Å². The maximum absolute atomic E-state index is 12.0. The van der Waals surface area contributed by atoms with E-state index in [2.05, 4.69) is 20.7 Å². The van der Waals surface area contributed by atoms with Crippen molar-refractivity contribution in [1.29, 1.82) is 0 Å². The van der Waals surface area contributed by atoms with Gasteiger partial charge in [0, 0.05) is 11.9 Å². The minimum absolute atomic E-state index is 0.122. The normalized spacial score (nSPS) is 13.0. The fourth-order valence-electron chi connectivity index (χ4n) is 0.973. The molecule has 0 unspecified atom stereocenters. The van der Waals surface area contributed by atoms with Crippen molar-refractivity contribution in [2.24, 2.45) is 5.41 Å². The molecule has 3 nitrogen and oxygen atoms in total. The molecule has 1 N–H and O–H groups in total. The van der Waals surface area contributed by atoms with Crippen LogP contribution in [0, 0.1) is 12.3 Å². The van der Waals surface area contributed by atoms with Gasteiger partial charge >= 0.3 is 0 Å². The molecule has 98 valence electrons. The molecular weight excluding hydrogens is 346 g/mol. The van der Waals surface area contributed by atoms with Gasteiger partial charge in [0.15, 0.2) is 0 Å². The van der Waals surface area contributed by atoms with Crippen LogP contribution in [-0.2, 0) is 10.0 Å². The van der Waals surface area contributed by atoms with Crippen LogP contribution in [0.15, 0.2) is 10.3 Å². The van der Waals surface area contributed by atoms with E-state index < -0.39 is 10.0 Å². The maximum atomic E-state index is 12.0. The molecule has 1 heterocycles. The van der Waals surface area contributed by atoms with Gasteiger partial charge in [0.25, 0.3) is 0 Å². The molecule has 0 spiro atoms. The zero-order chi connectivity index (χ0) is 13.3. The van der Waals surface area contributed by atoms with Gasteiger partial charge in [0.1, 0.15) is 4.21 Å². The number of thiophene rings is 1. The first-order valence-corrected chi connectivity index (χ1v) is 8.79. The molecule has 0 aliphatic carbocycles. The lowest BCUT2D eigenvalue weighted by atomic mass is 9.98. The number of halogens is 2. The molecule has 0 aliphatic rings. The third-order valence-corrected chi connectivity index (χ3v) is 7.15. The van der Waals surface area contributed by atoms with Crippen molar-refractivity contribution < 1.29 is 8.42 Å². The molecule has 7 heteroatoms. The van der Waals surface area contributed by atoms with E-state index in [-0.39, 0.29) is 9.62 Å². The van der Waals surface area contributed by atoms with E-state index in [1.807, 2.05) is 13.8 Å². The molecule has 0 saturated carbocycles. The van der Waals surface area contributed by atoms with Crippen molar-refractivity contribution in [2.45, 2.75) is 25.0 Å². The molecule has 0 amide bonds. The zero-order valence-electron chi connectivity index (χ0n) is 9.88. The van der Waals surface area contributed by atoms with Crippen LogP contribution in [0.5, 0.6) is 0 Å². The molecule has 0 fully saturated rings. The summed E-state index contributed by atoms with van der Waals surface area (Å²) in [5.41, 5.74) is 0.667. The summed E-state index contributed by atoms with van der Waals surface area (Å²) in [6.07, 6.45) is 0. The topological polar surface area (TPSA) is 46.2 Å². The van der Waals surface area contributed by atoms with Crippen molar-refractivity contribution >= 4 is 48.9 Å². The Morgan fingerprint density at radius 2 is 2.12 bits per heavy atom. The van der Waals surface area contributed by atoms with Crippen LogP contribution < -0.4 is 4.72 Å². The van der Waals surface area contributed by atoms with Crippen LogP contribution in [0.2, 0.25) is 4.34 Å². The summed E-state index contributed by atoms with van der Waals surface area (Å²) in [6.45, 7) is 6.14. The molecule has 0 saturated heterocycles. The first-order chi connectivity index (χ1) is 7.68. The van der Waals surface area contributed by atoms with Crippen LogP contribution in [-0.4, -0.2) is 20.3 Å². The number of nitrogens with one attached hydrogen (secondary N) is 1. The summed E-state index contributed by atoms with van der Waals surface area (Å²) in [6, 6.07) is 1.59. The molecular formula is C10H15BrClNO2S2. The minimum Gasteiger partial charge on any atom is -0.210 e. The number of rotatable bonds is 5. The highest BCUT2D eigenvalue weighted by atomic mass is 79.9. The number of alkyl halides is 1. The Morgan fingerprint density at radius 1 is 1.53 bits per heavy atom. The molecule has 0 atom stereocenters. The van der Waals surface area contributed by atoms with Crippen LogP contribution in [0.3, 0.4) is 0 Å². The third kappa shape index (κ3) is 4.21. The highest BCUT2D eigenvalue weighted by molar-refractivity contribution is 9.09. The van der Waals surface area contributed by atoms with Gasteiger partial charge in [-0.05, 0) is 24.0 Å². The summed E-state index contributed by atoms with van der Waals surface area (Å²) in [7, 11) is -3.44. The van der Waals surface area contributed by atoms with Gasteiger partial charge in [-0.2, -0.15) is 0 Å². The van der Waals surface area contributed by atoms with Gasteiger partial charge in [-0.1, -0.05) is 41.4 Å². The molecule has 17 heavy (non-hydrogen) atoms. The Morgan fingerprint density at radius 3 is 2.53 bits per heavy atom. The fourth-order valence-corrected chi connectivity index (χ4v) is 4.17. The van der Waals surface area contributed by atoms with Crippen LogP contribution in [0.1, 0.15) is 19.4 Å². The molecule has 1 aromatic rings. The Hall–Kier alpha value is 0.380. The summed E-state index contributed by atoms with van der Waals surface area (Å²) in [5, 5.41) is 0.729. The smallest absolute Gasteiger partial charge is 0.210 e. The second-order valence-corrected chi connectivity index (χ2v) is 8.85. The van der Waals surface area contributed by atoms with Gasteiger partial charge in [0.05, 0.1) is 4.34 Å². The quantitative estimate of drug-likeness (QED) is 0.818. The lowest BCUT2D eigenvalue weighted by molar-refractivity contribution is 0.420. The van der Waals surface area contributed by atoms with Crippen molar-refractivity contribution in [1.82, 2.24) is 4.72 Å². The van der Waals surface area contributed by atoms with Crippen LogP contribution in [0.25, 0.3) is 0 Å². The standard InChI is InChI=1S/C10H15BrClNO2S2/c1-7-4-8(16-9(7)12)17(14,15)13-6-10(2,3)5-11/h4,13H,5-6H2,1-3H3. The molecule has 0 bridgehead atoms. The van der Waals surface area contributed by atoms with E-state index in [4.69, 9.17) is 11.6 Å². The second-order valence-electron chi connectivity index (χ2n) is 4.64. The van der Waals surface area contributed by atoms with E-state index in [1.54, 1.807) is 13.0 Å². The van der Waals surface area contributed by atoms with E-state index in [9.17, 15) is 8.42 Å². The summed E-state index contributed by atoms with van der Waals surface area (Å²) >= 11 is 10.3. The minimum atomic E-state index is -3.44. The Labute approximate surface area is 120 Å². The van der Waals surface area contributed by atoms with Gasteiger partial charge < -0.3 is 0 Å². The number of hydrogen-bond donors (Lipinski definition) is 1. The van der Waals surface area contributed by atoms with E-state index in [0.717, 1.165) is 22.2 Å². The van der Waals surface area contributed by atoms with Gasteiger partial charge in [-0.25, -0.2) is 13.1 Å². The van der Waals surface area contributed by atoms with Gasteiger partial charge in [-0.3, -0.25) is 0 Å². The van der Waals surface area contributed by atoms with Gasteiger partial charge in [0.2, 0.25) is 10.0 Å². The van der Waals surface area contributed by atoms with Gasteiger partial charge in [-0.15, -0.1) is 11.3 Å². The Bertz CT molecular complexity index is 477. The molecule has 0 aliphatic heterocycles. The highest BCUT2D eigenvalue weighted by Crippen LogP contribution is 2.30. The SMILES string of the molecule is Cc1cc(S(=O)(=O)NCC(C)(C)CBr)sc1Cl.